The molecule has 3 aromatic heterocycles. The average Bonchev–Trinajstić information content (AvgIpc) is 3.82. The smallest absolute Gasteiger partial charge is 0.162 e. The molecule has 0 bridgehead atoms. The number of hydrogen-bond acceptors (Lipinski definition) is 3. The second-order valence-electron chi connectivity index (χ2n) is 14.2. The quantitative estimate of drug-likeness (QED) is 0.170. The summed E-state index contributed by atoms with van der Waals surface area (Å²) in [7, 11) is 0. The number of hydrogen-bond donors (Lipinski definition) is 0. The molecular weight excluding hydrogens is 699 g/mol. The van der Waals surface area contributed by atoms with Crippen molar-refractivity contribution in [2.75, 3.05) is 0 Å². The maximum absolute atomic E-state index is 5.27. The number of aromatic nitrogens is 3. The van der Waals surface area contributed by atoms with Crippen LogP contribution in [0.2, 0.25) is 0 Å². The Morgan fingerprint density at radius 1 is 0.357 bits per heavy atom. The van der Waals surface area contributed by atoms with Gasteiger partial charge in [0.05, 0.1) is 16.7 Å². The molecule has 0 aliphatic carbocycles. The van der Waals surface area contributed by atoms with E-state index in [1.807, 2.05) is 35.6 Å². The molecule has 0 unspecified atom stereocenters. The fourth-order valence-corrected chi connectivity index (χ4v) is 9.32. The number of fused-ring (bicyclic) bond motifs is 6. The minimum atomic E-state index is 0.694. The van der Waals surface area contributed by atoms with E-state index in [1.54, 1.807) is 0 Å². The van der Waals surface area contributed by atoms with E-state index in [2.05, 4.69) is 180 Å². The zero-order valence-electron chi connectivity index (χ0n) is 30.3. The standard InChI is InChI=1S/C52H33N3S/c1-4-13-34(14-5-1)36-23-25-37(26-24-36)46-33-50(54-52(53-46)38-17-8-3-9-18-38)55-47-22-11-10-19-42(47)44-32-40(27-29-48(44)55)41-20-12-21-43-45-31-39(35-15-6-2-7-16-35)28-30-49(45)56-51(41)43/h1-33H. The monoisotopic (exact) mass is 731 g/mol. The summed E-state index contributed by atoms with van der Waals surface area (Å²) in [6.07, 6.45) is 0. The van der Waals surface area contributed by atoms with Gasteiger partial charge < -0.3 is 0 Å². The van der Waals surface area contributed by atoms with Gasteiger partial charge in [-0.25, -0.2) is 9.97 Å². The van der Waals surface area contributed by atoms with E-state index in [-0.39, 0.29) is 0 Å². The molecule has 0 spiro atoms. The molecule has 3 heterocycles. The van der Waals surface area contributed by atoms with Gasteiger partial charge in [-0.3, -0.25) is 4.57 Å². The molecule has 11 rings (SSSR count). The van der Waals surface area contributed by atoms with Crippen LogP contribution in [0.1, 0.15) is 0 Å². The lowest BCUT2D eigenvalue weighted by atomic mass is 9.99. The molecule has 0 atom stereocenters. The van der Waals surface area contributed by atoms with Crippen LogP contribution in [0, 0.1) is 0 Å². The predicted octanol–water partition coefficient (Wildman–Crippen LogP) is 14.3. The molecule has 8 aromatic carbocycles. The number of rotatable bonds is 6. The number of thiophene rings is 1. The second-order valence-corrected chi connectivity index (χ2v) is 15.2. The van der Waals surface area contributed by atoms with Gasteiger partial charge in [-0.05, 0) is 63.7 Å². The first kappa shape index (κ1) is 32.3. The van der Waals surface area contributed by atoms with Gasteiger partial charge in [0.25, 0.3) is 0 Å². The molecule has 4 heteroatoms. The minimum absolute atomic E-state index is 0.694. The lowest BCUT2D eigenvalue weighted by Gasteiger charge is -2.12. The van der Waals surface area contributed by atoms with Crippen LogP contribution in [0.25, 0.3) is 104 Å². The van der Waals surface area contributed by atoms with Gasteiger partial charge in [-0.1, -0.05) is 164 Å². The van der Waals surface area contributed by atoms with E-state index >= 15 is 0 Å². The van der Waals surface area contributed by atoms with Gasteiger partial charge in [-0.15, -0.1) is 11.3 Å². The summed E-state index contributed by atoms with van der Waals surface area (Å²) < 4.78 is 4.91. The maximum Gasteiger partial charge on any atom is 0.162 e. The third kappa shape index (κ3) is 5.50. The zero-order valence-corrected chi connectivity index (χ0v) is 31.1. The lowest BCUT2D eigenvalue weighted by Crippen LogP contribution is -2.02. The van der Waals surface area contributed by atoms with E-state index in [0.29, 0.717) is 5.82 Å². The van der Waals surface area contributed by atoms with Crippen LogP contribution in [-0.4, -0.2) is 14.5 Å². The van der Waals surface area contributed by atoms with Crippen molar-refractivity contribution in [2.45, 2.75) is 0 Å². The molecule has 0 amide bonds. The topological polar surface area (TPSA) is 30.7 Å². The Balaban J connectivity index is 1.07. The van der Waals surface area contributed by atoms with Gasteiger partial charge >= 0.3 is 0 Å². The Kier molecular flexibility index (Phi) is 7.68. The highest BCUT2D eigenvalue weighted by Crippen LogP contribution is 2.43. The largest absolute Gasteiger partial charge is 0.294 e. The molecule has 0 aliphatic heterocycles. The normalized spacial score (nSPS) is 11.6. The highest BCUT2D eigenvalue weighted by atomic mass is 32.1. The van der Waals surface area contributed by atoms with Crippen LogP contribution >= 0.6 is 11.3 Å². The highest BCUT2D eigenvalue weighted by molar-refractivity contribution is 7.26. The van der Waals surface area contributed by atoms with Crippen LogP contribution < -0.4 is 0 Å². The fourth-order valence-electron chi connectivity index (χ4n) is 8.10. The summed E-state index contributed by atoms with van der Waals surface area (Å²) in [6.45, 7) is 0. The average molecular weight is 732 g/mol. The number of para-hydroxylation sites is 1. The molecule has 0 saturated heterocycles. The van der Waals surface area contributed by atoms with E-state index in [9.17, 15) is 0 Å². The molecule has 0 saturated carbocycles. The first-order valence-electron chi connectivity index (χ1n) is 18.9. The van der Waals surface area contributed by atoms with Crippen LogP contribution in [0.5, 0.6) is 0 Å². The molecule has 0 fully saturated rings. The Labute approximate surface area is 328 Å². The maximum atomic E-state index is 5.27. The zero-order chi connectivity index (χ0) is 37.0. The van der Waals surface area contributed by atoms with Crippen molar-refractivity contribution < 1.29 is 0 Å². The van der Waals surface area contributed by atoms with Crippen LogP contribution in [0.15, 0.2) is 200 Å². The van der Waals surface area contributed by atoms with E-state index in [1.165, 1.54) is 64.3 Å². The third-order valence-electron chi connectivity index (χ3n) is 10.8. The summed E-state index contributed by atoms with van der Waals surface area (Å²) in [4.78, 5) is 10.4. The van der Waals surface area contributed by atoms with E-state index in [4.69, 9.17) is 9.97 Å². The minimum Gasteiger partial charge on any atom is -0.294 e. The summed E-state index contributed by atoms with van der Waals surface area (Å²) in [5.74, 6) is 1.53. The Bertz CT molecular complexity index is 3220. The molecule has 56 heavy (non-hydrogen) atoms. The van der Waals surface area contributed by atoms with E-state index < -0.39 is 0 Å². The van der Waals surface area contributed by atoms with Crippen LogP contribution in [0.3, 0.4) is 0 Å². The van der Waals surface area contributed by atoms with Crippen molar-refractivity contribution in [2.24, 2.45) is 0 Å². The summed E-state index contributed by atoms with van der Waals surface area (Å²) in [5, 5.41) is 4.97. The van der Waals surface area contributed by atoms with Gasteiger partial charge in [0.2, 0.25) is 0 Å². The summed E-state index contributed by atoms with van der Waals surface area (Å²) in [5.41, 5.74) is 12.4. The molecule has 0 N–H and O–H groups in total. The van der Waals surface area contributed by atoms with Crippen molar-refractivity contribution in [1.29, 1.82) is 0 Å². The number of benzene rings is 8. The molecule has 262 valence electrons. The first-order valence-corrected chi connectivity index (χ1v) is 19.7. The molecular formula is C52H33N3S. The van der Waals surface area contributed by atoms with Gasteiger partial charge in [0.15, 0.2) is 5.82 Å². The van der Waals surface area contributed by atoms with Crippen molar-refractivity contribution in [3.05, 3.63) is 200 Å². The molecule has 3 nitrogen and oxygen atoms in total. The highest BCUT2D eigenvalue weighted by Gasteiger charge is 2.18. The van der Waals surface area contributed by atoms with Crippen LogP contribution in [0.4, 0.5) is 0 Å². The molecule has 0 aliphatic rings. The van der Waals surface area contributed by atoms with Crippen molar-refractivity contribution in [3.63, 3.8) is 0 Å². The molecule has 11 aromatic rings. The Morgan fingerprint density at radius 2 is 0.929 bits per heavy atom. The summed E-state index contributed by atoms with van der Waals surface area (Å²) in [6, 6.07) is 71.4. The fraction of sp³-hybridized carbons (Fsp3) is 0. The van der Waals surface area contributed by atoms with Crippen LogP contribution in [-0.2, 0) is 0 Å². The van der Waals surface area contributed by atoms with Gasteiger partial charge in [0.1, 0.15) is 5.82 Å². The summed E-state index contributed by atoms with van der Waals surface area (Å²) >= 11 is 1.87. The second kappa shape index (κ2) is 13.3. The lowest BCUT2D eigenvalue weighted by molar-refractivity contribution is 1.05. The van der Waals surface area contributed by atoms with Gasteiger partial charge in [0, 0.05) is 48.1 Å². The van der Waals surface area contributed by atoms with Crippen molar-refractivity contribution in [3.8, 4) is 61.8 Å². The van der Waals surface area contributed by atoms with Crippen molar-refractivity contribution in [1.82, 2.24) is 14.5 Å². The Morgan fingerprint density at radius 3 is 1.70 bits per heavy atom. The SMILES string of the molecule is c1ccc(-c2ccc(-c3cc(-n4c5ccccc5c5cc(-c6cccc7c6sc6ccc(-c8ccccc8)cc67)ccc54)nc(-c4ccccc4)n3)cc2)cc1. The third-order valence-corrected chi connectivity index (χ3v) is 12.1. The first-order chi connectivity index (χ1) is 27.7. The Hall–Kier alpha value is -7.14. The van der Waals surface area contributed by atoms with Crippen molar-refractivity contribution >= 4 is 53.3 Å². The number of nitrogens with zero attached hydrogens (tertiary/aromatic N) is 3. The van der Waals surface area contributed by atoms with E-state index in [0.717, 1.165) is 33.7 Å². The molecule has 0 radical (unpaired) electrons. The van der Waals surface area contributed by atoms with Gasteiger partial charge in [-0.2, -0.15) is 0 Å². The predicted molar refractivity (Wildman–Crippen MR) is 236 cm³/mol.